The predicted octanol–water partition coefficient (Wildman–Crippen LogP) is 24.0. The second-order valence-corrected chi connectivity index (χ2v) is 31.9. The number of para-hydroxylation sites is 6. The van der Waals surface area contributed by atoms with Crippen LogP contribution in [-0.2, 0) is 21.7 Å². The first kappa shape index (κ1) is 62.4. The number of fused-ring (bicyclic) bond motifs is 10. The number of rotatable bonds is 9. The molecule has 4 heterocycles. The van der Waals surface area contributed by atoms with Crippen molar-refractivity contribution in [2.75, 3.05) is 14.7 Å². The largest absolute Gasteiger partial charge is 0.310 e. The van der Waals surface area contributed by atoms with Crippen LogP contribution in [0.15, 0.2) is 291 Å². The molecule has 6 heteroatoms. The van der Waals surface area contributed by atoms with E-state index in [1.165, 1.54) is 105 Å². The summed E-state index contributed by atoms with van der Waals surface area (Å²) in [5.41, 5.74) is 30.0. The van der Waals surface area contributed by atoms with Crippen molar-refractivity contribution < 1.29 is 0 Å². The molecule has 0 fully saturated rings. The van der Waals surface area contributed by atoms with Gasteiger partial charge in [0.2, 0.25) is 0 Å². The van der Waals surface area contributed by atoms with E-state index in [0.717, 1.165) is 62.6 Å². The third-order valence-electron chi connectivity index (χ3n) is 21.3. The molecule has 17 rings (SSSR count). The lowest BCUT2D eigenvalue weighted by atomic mass is 9.33. The summed E-state index contributed by atoms with van der Waals surface area (Å²) in [4.78, 5) is 7.74. The Labute approximate surface area is 589 Å². The summed E-state index contributed by atoms with van der Waals surface area (Å²) in [6, 6.07) is 111. The highest BCUT2D eigenvalue weighted by Gasteiger charge is 2.46. The molecule has 0 spiro atoms. The first-order valence-corrected chi connectivity index (χ1v) is 35.6. The normalized spacial score (nSPS) is 13.1. The average Bonchev–Trinajstić information content (AvgIpc) is 0.763. The fourth-order valence-corrected chi connectivity index (χ4v) is 16.0. The molecule has 2 aromatic heterocycles. The molecule has 0 saturated heterocycles. The second kappa shape index (κ2) is 23.3. The van der Waals surface area contributed by atoms with Crippen molar-refractivity contribution in [2.24, 2.45) is 0 Å². The van der Waals surface area contributed by atoms with Gasteiger partial charge < -0.3 is 23.8 Å². The van der Waals surface area contributed by atoms with Crippen LogP contribution in [-0.4, -0.2) is 15.8 Å². The van der Waals surface area contributed by atoms with Crippen molar-refractivity contribution in [3.63, 3.8) is 0 Å². The van der Waals surface area contributed by atoms with E-state index in [1.54, 1.807) is 0 Å². The highest BCUT2D eigenvalue weighted by Crippen LogP contribution is 2.52. The summed E-state index contributed by atoms with van der Waals surface area (Å²) in [6.07, 6.45) is 0. The molecule has 13 aromatic carbocycles. The SMILES string of the molecule is CC(C)(C)c1ccc2c(c1)c1cc(C(C)(C)C)ccc1n2-c1ccccc1N1c2ccc(-c3ccccc3)cc2B2c3cc(-c4ccccc4)ccc3N(c3ccccc3-n3c4ccc(C(C)(C)C)cc4c4cc(C(C)(C)C)ccc43)c3cc(N(c4ccccc4)c4ccccc4)cc1c32. The van der Waals surface area contributed by atoms with Crippen molar-refractivity contribution >= 4 is 118 Å². The molecule has 0 aliphatic carbocycles. The minimum Gasteiger partial charge on any atom is -0.310 e. The summed E-state index contributed by atoms with van der Waals surface area (Å²) in [5.74, 6) is 0. The zero-order valence-electron chi connectivity index (χ0n) is 59.5. The van der Waals surface area contributed by atoms with Crippen LogP contribution in [0.1, 0.15) is 105 Å². The molecule has 0 radical (unpaired) electrons. The van der Waals surface area contributed by atoms with Crippen LogP contribution in [0.3, 0.4) is 0 Å². The summed E-state index contributed by atoms with van der Waals surface area (Å²) in [6.45, 7) is 27.7. The van der Waals surface area contributed by atoms with Crippen LogP contribution in [0.4, 0.5) is 51.2 Å². The summed E-state index contributed by atoms with van der Waals surface area (Å²) < 4.78 is 5.12. The number of nitrogens with zero attached hydrogens (tertiary/aromatic N) is 5. The molecule has 5 nitrogen and oxygen atoms in total. The molecule has 0 saturated carbocycles. The zero-order valence-corrected chi connectivity index (χ0v) is 59.5. The molecule has 2 aliphatic heterocycles. The van der Waals surface area contributed by atoms with Gasteiger partial charge in [0.05, 0.1) is 50.5 Å². The van der Waals surface area contributed by atoms with E-state index in [4.69, 9.17) is 0 Å². The third-order valence-corrected chi connectivity index (χ3v) is 21.3. The van der Waals surface area contributed by atoms with Gasteiger partial charge in [-0.3, -0.25) is 0 Å². The zero-order chi connectivity index (χ0) is 68.7. The summed E-state index contributed by atoms with van der Waals surface area (Å²) in [5, 5.41) is 5.01. The van der Waals surface area contributed by atoms with Crippen molar-refractivity contribution in [1.29, 1.82) is 0 Å². The average molecular weight is 1290 g/mol. The highest BCUT2D eigenvalue weighted by molar-refractivity contribution is 7.00. The molecule has 100 heavy (non-hydrogen) atoms. The lowest BCUT2D eigenvalue weighted by Crippen LogP contribution is -2.61. The molecular formula is C94H84BN5. The third kappa shape index (κ3) is 10.4. The molecule has 0 N–H and O–H groups in total. The number of benzene rings is 13. The van der Waals surface area contributed by atoms with E-state index in [0.29, 0.717) is 0 Å². The van der Waals surface area contributed by atoms with Crippen molar-refractivity contribution in [2.45, 2.75) is 105 Å². The monoisotopic (exact) mass is 1290 g/mol. The number of hydrogen-bond acceptors (Lipinski definition) is 3. The molecule has 15 aromatic rings. The van der Waals surface area contributed by atoms with Crippen LogP contribution in [0, 0.1) is 0 Å². The van der Waals surface area contributed by atoms with Gasteiger partial charge in [-0.25, -0.2) is 0 Å². The number of aromatic nitrogens is 2. The molecule has 0 amide bonds. The van der Waals surface area contributed by atoms with Gasteiger partial charge in [-0.2, -0.15) is 0 Å². The summed E-state index contributed by atoms with van der Waals surface area (Å²) in [7, 11) is 0. The first-order chi connectivity index (χ1) is 48.2. The Kier molecular flexibility index (Phi) is 14.5. The van der Waals surface area contributed by atoms with Crippen molar-refractivity contribution in [1.82, 2.24) is 9.13 Å². The molecule has 2 aliphatic rings. The van der Waals surface area contributed by atoms with E-state index < -0.39 is 0 Å². The Morgan fingerprint density at radius 1 is 0.240 bits per heavy atom. The predicted molar refractivity (Wildman–Crippen MR) is 429 cm³/mol. The maximum absolute atomic E-state index is 2.64. The Morgan fingerprint density at radius 3 is 0.860 bits per heavy atom. The highest BCUT2D eigenvalue weighted by atomic mass is 15.2. The standard InChI is InChI=1S/C94H84BN5/c1-91(2,3)65-43-49-78-72(55-65)73-56-66(92(4,5)6)44-50-79(73)97(78)84-37-25-27-39-86(84)99-82-47-41-63(61-29-17-13-18-30-61)53-76(82)95-77-54-64(62-31-19-14-20-32-62)42-48-83(77)100(89-60-71(59-88(99)90(89)95)96(69-33-21-15-22-34-69)70-35-23-16-24-36-70)87-40-28-26-38-85(87)98-80-51-45-67(93(7,8)9)57-74(80)75-58-68(94(10,11)12)46-52-81(75)98/h13-60H,1-12H3. The number of anilines is 9. The van der Waals surface area contributed by atoms with Crippen molar-refractivity contribution in [3.05, 3.63) is 313 Å². The van der Waals surface area contributed by atoms with Gasteiger partial charge in [-0.1, -0.05) is 253 Å². The fourth-order valence-electron chi connectivity index (χ4n) is 16.0. The van der Waals surface area contributed by atoms with Crippen LogP contribution in [0.25, 0.3) is 77.2 Å². The molecule has 0 bridgehead atoms. The van der Waals surface area contributed by atoms with Gasteiger partial charge in [0.15, 0.2) is 0 Å². The first-order valence-electron chi connectivity index (χ1n) is 35.6. The smallest absolute Gasteiger partial charge is 0.252 e. The van der Waals surface area contributed by atoms with Crippen LogP contribution in [0.5, 0.6) is 0 Å². The fraction of sp³-hybridized carbons (Fsp3) is 0.170. The Hall–Kier alpha value is -11.1. The van der Waals surface area contributed by atoms with E-state index >= 15 is 0 Å². The molecule has 0 atom stereocenters. The number of hydrogen-bond donors (Lipinski definition) is 0. The maximum Gasteiger partial charge on any atom is 0.252 e. The molecular weight excluding hydrogens is 1210 g/mol. The Balaban J connectivity index is 1.02. The van der Waals surface area contributed by atoms with Crippen molar-refractivity contribution in [3.8, 4) is 33.6 Å². The van der Waals surface area contributed by atoms with Crippen LogP contribution in [0.2, 0.25) is 0 Å². The van der Waals surface area contributed by atoms with E-state index in [2.05, 4.69) is 398 Å². The van der Waals surface area contributed by atoms with Gasteiger partial charge in [-0.15, -0.1) is 0 Å². The Morgan fingerprint density at radius 2 is 0.540 bits per heavy atom. The van der Waals surface area contributed by atoms with Gasteiger partial charge >= 0.3 is 0 Å². The topological polar surface area (TPSA) is 19.6 Å². The summed E-state index contributed by atoms with van der Waals surface area (Å²) >= 11 is 0. The van der Waals surface area contributed by atoms with Gasteiger partial charge in [0, 0.05) is 55.7 Å². The minimum absolute atomic E-state index is 0.0586. The molecule has 0 unspecified atom stereocenters. The van der Waals surface area contributed by atoms with Crippen LogP contribution < -0.4 is 31.1 Å². The minimum atomic E-state index is -0.232. The quantitative estimate of drug-likeness (QED) is 0.134. The van der Waals surface area contributed by atoms with Gasteiger partial charge in [-0.05, 0) is 204 Å². The van der Waals surface area contributed by atoms with Gasteiger partial charge in [0.1, 0.15) is 0 Å². The lowest BCUT2D eigenvalue weighted by molar-refractivity contribution is 0.590. The van der Waals surface area contributed by atoms with Gasteiger partial charge in [0.25, 0.3) is 6.71 Å². The van der Waals surface area contributed by atoms with E-state index in [-0.39, 0.29) is 28.4 Å². The Bertz CT molecular complexity index is 5220. The van der Waals surface area contributed by atoms with E-state index in [1.807, 2.05) is 0 Å². The lowest BCUT2D eigenvalue weighted by Gasteiger charge is -2.45. The van der Waals surface area contributed by atoms with Crippen LogP contribution >= 0.6 is 0 Å². The second-order valence-electron chi connectivity index (χ2n) is 31.9. The molecule has 488 valence electrons. The van der Waals surface area contributed by atoms with E-state index in [9.17, 15) is 0 Å². The maximum atomic E-state index is 2.64.